The predicted octanol–water partition coefficient (Wildman–Crippen LogP) is 2.64. The van der Waals surface area contributed by atoms with Gasteiger partial charge in [0, 0.05) is 11.5 Å². The molecule has 6 heteroatoms. The summed E-state index contributed by atoms with van der Waals surface area (Å²) in [6, 6.07) is 1.30. The number of hydrogen-bond acceptors (Lipinski definition) is 4. The summed E-state index contributed by atoms with van der Waals surface area (Å²) in [4.78, 5) is 11.9. The number of nitrogens with one attached hydrogen (secondary N) is 2. The fourth-order valence-electron chi connectivity index (χ4n) is 1.84. The van der Waals surface area contributed by atoms with E-state index in [1.165, 1.54) is 0 Å². The van der Waals surface area contributed by atoms with Crippen molar-refractivity contribution < 1.29 is 14.4 Å². The lowest BCUT2D eigenvalue weighted by Crippen LogP contribution is -2.50. The average molecular weight is 283 g/mol. The van der Waals surface area contributed by atoms with E-state index in [9.17, 15) is 9.90 Å². The Morgan fingerprint density at radius 3 is 2.50 bits per heavy atom. The zero-order valence-corrected chi connectivity index (χ0v) is 12.9. The van der Waals surface area contributed by atoms with E-state index >= 15 is 0 Å². The predicted molar refractivity (Wildman–Crippen MR) is 77.8 cm³/mol. The van der Waals surface area contributed by atoms with Crippen LogP contribution in [-0.4, -0.2) is 28.4 Å². The Kier molecular flexibility index (Phi) is 5.16. The molecule has 0 aliphatic rings. The van der Waals surface area contributed by atoms with E-state index in [1.807, 2.05) is 27.7 Å². The van der Waals surface area contributed by atoms with Gasteiger partial charge in [0.05, 0.1) is 12.1 Å². The Bertz CT molecular complexity index is 451. The number of urea groups is 1. The molecule has 1 aromatic heterocycles. The molecule has 0 aliphatic heterocycles. The van der Waals surface area contributed by atoms with Crippen LogP contribution in [0, 0.1) is 0 Å². The van der Waals surface area contributed by atoms with E-state index in [-0.39, 0.29) is 12.0 Å². The summed E-state index contributed by atoms with van der Waals surface area (Å²) < 4.78 is 5.19. The summed E-state index contributed by atoms with van der Waals surface area (Å²) in [5.74, 6) is 1.07. The lowest BCUT2D eigenvalue weighted by Gasteiger charge is -2.28. The van der Waals surface area contributed by atoms with Gasteiger partial charge in [-0.05, 0) is 13.3 Å². The van der Waals surface area contributed by atoms with Crippen molar-refractivity contribution in [3.05, 3.63) is 11.8 Å². The summed E-state index contributed by atoms with van der Waals surface area (Å²) in [5, 5.41) is 18.6. The molecular weight excluding hydrogens is 258 g/mol. The molecule has 1 heterocycles. The minimum atomic E-state index is -0.630. The van der Waals surface area contributed by atoms with Gasteiger partial charge in [-0.25, -0.2) is 4.79 Å². The van der Waals surface area contributed by atoms with E-state index in [2.05, 4.69) is 15.8 Å². The van der Waals surface area contributed by atoms with E-state index in [4.69, 9.17) is 4.52 Å². The van der Waals surface area contributed by atoms with Crippen LogP contribution in [0.15, 0.2) is 10.6 Å². The third kappa shape index (κ3) is 4.52. The topological polar surface area (TPSA) is 87.4 Å². The first-order chi connectivity index (χ1) is 9.20. The number of nitrogens with zero attached hydrogens (tertiary/aromatic N) is 1. The highest BCUT2D eigenvalue weighted by Crippen LogP contribution is 2.24. The number of amides is 2. The van der Waals surface area contributed by atoms with Crippen molar-refractivity contribution in [1.82, 2.24) is 10.5 Å². The minimum absolute atomic E-state index is 0.111. The molecule has 0 spiro atoms. The van der Waals surface area contributed by atoms with Crippen LogP contribution >= 0.6 is 0 Å². The maximum atomic E-state index is 11.9. The van der Waals surface area contributed by atoms with Crippen LogP contribution < -0.4 is 10.6 Å². The molecule has 0 radical (unpaired) electrons. The Balaban J connectivity index is 2.65. The van der Waals surface area contributed by atoms with Crippen molar-refractivity contribution in [2.24, 2.45) is 0 Å². The summed E-state index contributed by atoms with van der Waals surface area (Å²) >= 11 is 0. The summed E-state index contributed by atoms with van der Waals surface area (Å²) in [5.41, 5.74) is -0.791. The van der Waals surface area contributed by atoms with Gasteiger partial charge in [0.1, 0.15) is 5.76 Å². The quantitative estimate of drug-likeness (QED) is 0.775. The highest BCUT2D eigenvalue weighted by molar-refractivity contribution is 5.88. The fraction of sp³-hybridized carbons (Fsp3) is 0.714. The number of aromatic nitrogens is 1. The zero-order valence-electron chi connectivity index (χ0n) is 12.9. The van der Waals surface area contributed by atoms with Gasteiger partial charge < -0.3 is 14.9 Å². The number of carbonyl (C=O) groups excluding carboxylic acids is 1. The SMILES string of the molecule is CCCC(C)(CO)NC(=O)Nc1cc(C(C)(C)C)on1. The highest BCUT2D eigenvalue weighted by Gasteiger charge is 2.25. The van der Waals surface area contributed by atoms with Crippen LogP contribution in [0.5, 0.6) is 0 Å². The second kappa shape index (κ2) is 6.26. The molecule has 2 amide bonds. The molecule has 6 nitrogen and oxygen atoms in total. The third-order valence-electron chi connectivity index (χ3n) is 3.06. The fourth-order valence-corrected chi connectivity index (χ4v) is 1.84. The first-order valence-electron chi connectivity index (χ1n) is 6.87. The van der Waals surface area contributed by atoms with Crippen LogP contribution in [0.3, 0.4) is 0 Å². The zero-order chi connectivity index (χ0) is 15.4. The van der Waals surface area contributed by atoms with Crippen LogP contribution in [0.2, 0.25) is 0 Å². The molecule has 1 rings (SSSR count). The van der Waals surface area contributed by atoms with Crippen molar-refractivity contribution in [3.63, 3.8) is 0 Å². The molecular formula is C14H25N3O3. The van der Waals surface area contributed by atoms with Crippen molar-refractivity contribution >= 4 is 11.8 Å². The highest BCUT2D eigenvalue weighted by atomic mass is 16.5. The van der Waals surface area contributed by atoms with E-state index in [1.54, 1.807) is 13.0 Å². The van der Waals surface area contributed by atoms with Crippen molar-refractivity contribution in [1.29, 1.82) is 0 Å². The molecule has 3 N–H and O–H groups in total. The van der Waals surface area contributed by atoms with Crippen LogP contribution in [0.25, 0.3) is 0 Å². The maximum Gasteiger partial charge on any atom is 0.320 e. The summed E-state index contributed by atoms with van der Waals surface area (Å²) in [6.45, 7) is 9.70. The van der Waals surface area contributed by atoms with E-state index in [0.29, 0.717) is 18.0 Å². The number of hydrogen-bond donors (Lipinski definition) is 3. The second-order valence-corrected chi connectivity index (χ2v) is 6.37. The molecule has 0 bridgehead atoms. The standard InChI is InChI=1S/C14H25N3O3/c1-6-7-14(5,9-18)16-12(19)15-11-8-10(20-17-11)13(2,3)4/h8,18H,6-7,9H2,1-5H3,(H2,15,16,17,19). The van der Waals surface area contributed by atoms with Gasteiger partial charge in [0.25, 0.3) is 0 Å². The molecule has 1 atom stereocenters. The first kappa shape index (κ1) is 16.5. The molecule has 1 unspecified atom stereocenters. The van der Waals surface area contributed by atoms with Gasteiger partial charge in [0.15, 0.2) is 5.82 Å². The Hall–Kier alpha value is -1.56. The Morgan fingerprint density at radius 1 is 1.40 bits per heavy atom. The largest absolute Gasteiger partial charge is 0.394 e. The van der Waals surface area contributed by atoms with Crippen molar-refractivity contribution in [2.45, 2.75) is 58.4 Å². The number of aliphatic hydroxyl groups is 1. The molecule has 20 heavy (non-hydrogen) atoms. The number of carbonyl (C=O) groups is 1. The molecule has 0 fully saturated rings. The normalized spacial score (nSPS) is 14.7. The Morgan fingerprint density at radius 2 is 2.05 bits per heavy atom. The molecule has 0 saturated heterocycles. The molecule has 0 aliphatic carbocycles. The average Bonchev–Trinajstić information content (AvgIpc) is 2.77. The van der Waals surface area contributed by atoms with Gasteiger partial charge >= 0.3 is 6.03 Å². The number of aliphatic hydroxyl groups excluding tert-OH is 1. The summed E-state index contributed by atoms with van der Waals surface area (Å²) in [6.07, 6.45) is 1.57. The lowest BCUT2D eigenvalue weighted by atomic mass is 9.93. The second-order valence-electron chi connectivity index (χ2n) is 6.37. The maximum absolute atomic E-state index is 11.9. The smallest absolute Gasteiger partial charge is 0.320 e. The van der Waals surface area contributed by atoms with Crippen LogP contribution in [0.1, 0.15) is 53.2 Å². The van der Waals surface area contributed by atoms with Crippen molar-refractivity contribution in [3.8, 4) is 0 Å². The van der Waals surface area contributed by atoms with Gasteiger partial charge in [-0.2, -0.15) is 0 Å². The number of rotatable bonds is 5. The van der Waals surface area contributed by atoms with Gasteiger partial charge in [-0.3, -0.25) is 5.32 Å². The molecule has 0 aromatic carbocycles. The molecule has 0 saturated carbocycles. The van der Waals surface area contributed by atoms with E-state index in [0.717, 1.165) is 6.42 Å². The lowest BCUT2D eigenvalue weighted by molar-refractivity contribution is 0.167. The van der Waals surface area contributed by atoms with Gasteiger partial charge in [-0.1, -0.05) is 39.3 Å². The molecule has 114 valence electrons. The number of anilines is 1. The first-order valence-corrected chi connectivity index (χ1v) is 6.87. The van der Waals surface area contributed by atoms with E-state index < -0.39 is 11.6 Å². The molecule has 1 aromatic rings. The van der Waals surface area contributed by atoms with Crippen LogP contribution in [0.4, 0.5) is 10.6 Å². The third-order valence-corrected chi connectivity index (χ3v) is 3.06. The minimum Gasteiger partial charge on any atom is -0.394 e. The van der Waals surface area contributed by atoms with Crippen LogP contribution in [-0.2, 0) is 5.41 Å². The van der Waals surface area contributed by atoms with Gasteiger partial charge in [0.2, 0.25) is 0 Å². The monoisotopic (exact) mass is 283 g/mol. The Labute approximate surface area is 119 Å². The van der Waals surface area contributed by atoms with Crippen molar-refractivity contribution in [2.75, 3.05) is 11.9 Å². The van der Waals surface area contributed by atoms with Gasteiger partial charge in [-0.15, -0.1) is 0 Å². The summed E-state index contributed by atoms with van der Waals surface area (Å²) in [7, 11) is 0.